The number of benzene rings is 2. The first-order chi connectivity index (χ1) is 19.8. The van der Waals surface area contributed by atoms with Crippen LogP contribution in [-0.4, -0.2) is 47.2 Å². The smallest absolute Gasteiger partial charge is 0.254 e. The number of nitrogens with zero attached hydrogens (tertiary/aromatic N) is 2. The minimum absolute atomic E-state index is 0.0111. The molecule has 222 valence electrons. The predicted molar refractivity (Wildman–Crippen MR) is 163 cm³/mol. The number of hydrogen-bond donors (Lipinski definition) is 2. The molecule has 5 rings (SSSR count). The van der Waals surface area contributed by atoms with Gasteiger partial charge < -0.3 is 28.4 Å². The van der Waals surface area contributed by atoms with Gasteiger partial charge in [0.1, 0.15) is 5.75 Å². The Bertz CT molecular complexity index is 1370. The van der Waals surface area contributed by atoms with Crippen molar-refractivity contribution in [2.24, 2.45) is 22.1 Å². The van der Waals surface area contributed by atoms with Gasteiger partial charge in [-0.25, -0.2) is 0 Å². The highest BCUT2D eigenvalue weighted by atomic mass is 35.5. The summed E-state index contributed by atoms with van der Waals surface area (Å²) in [5.41, 5.74) is 2.39. The van der Waals surface area contributed by atoms with Gasteiger partial charge in [-0.3, -0.25) is 4.79 Å². The zero-order valence-electron chi connectivity index (χ0n) is 23.6. The minimum Gasteiger partial charge on any atom is -0.491 e. The largest absolute Gasteiger partial charge is 0.491 e. The quantitative estimate of drug-likeness (QED) is 0.320. The van der Waals surface area contributed by atoms with E-state index in [-0.39, 0.29) is 36.5 Å². The van der Waals surface area contributed by atoms with E-state index in [2.05, 4.69) is 15.3 Å². The molecule has 41 heavy (non-hydrogen) atoms. The van der Waals surface area contributed by atoms with E-state index in [4.69, 9.17) is 16.3 Å². The number of allylic oxidation sites excluding steroid dienone is 1. The third-order valence-corrected chi connectivity index (χ3v) is 10.2. The Morgan fingerprint density at radius 1 is 1.17 bits per heavy atom. The van der Waals surface area contributed by atoms with E-state index in [1.54, 1.807) is 6.07 Å². The Kier molecular flexibility index (Phi) is 9.74. The van der Waals surface area contributed by atoms with Crippen molar-refractivity contribution >= 4 is 33.8 Å². The number of carbonyl (C=O) groups is 1. The summed E-state index contributed by atoms with van der Waals surface area (Å²) in [4.78, 5) is 15.4. The van der Waals surface area contributed by atoms with Crippen molar-refractivity contribution in [2.45, 2.75) is 64.0 Å². The van der Waals surface area contributed by atoms with E-state index < -0.39 is 22.1 Å². The zero-order valence-corrected chi connectivity index (χ0v) is 25.2. The lowest BCUT2D eigenvalue weighted by atomic mass is 9.63. The van der Waals surface area contributed by atoms with Gasteiger partial charge in [-0.2, -0.15) is 10.6 Å². The number of aliphatic hydroxyl groups excluding tert-OH is 1. The van der Waals surface area contributed by atoms with Crippen LogP contribution in [-0.2, 0) is 27.8 Å². The molecule has 9 heteroatoms. The van der Waals surface area contributed by atoms with Crippen LogP contribution in [0.15, 0.2) is 52.9 Å². The molecule has 2 aromatic rings. The van der Waals surface area contributed by atoms with Gasteiger partial charge >= 0.3 is 0 Å². The second-order valence-electron chi connectivity index (χ2n) is 11.8. The van der Waals surface area contributed by atoms with Crippen LogP contribution in [0.3, 0.4) is 0 Å². The highest BCUT2D eigenvalue weighted by Gasteiger charge is 2.45. The third-order valence-electron chi connectivity index (χ3n) is 8.76. The molecule has 7 nitrogen and oxygen atoms in total. The SMILES string of the molecule is C[C@H]1C/C=C/C(O)(CCO)[C@@H]2CC[C@H]2CN2Cc3ccc(Cl)cc3CCCCOc3ccc(cc32)C(=O)N=[S-](=O)C1. The van der Waals surface area contributed by atoms with E-state index in [0.717, 1.165) is 43.4 Å². The van der Waals surface area contributed by atoms with Gasteiger partial charge in [0.2, 0.25) is 0 Å². The third kappa shape index (κ3) is 7.16. The van der Waals surface area contributed by atoms with Crippen LogP contribution < -0.4 is 9.64 Å². The zero-order chi connectivity index (χ0) is 29.0. The molecule has 3 aliphatic rings. The van der Waals surface area contributed by atoms with Crippen molar-refractivity contribution in [2.75, 3.05) is 30.4 Å². The first kappa shape index (κ1) is 30.1. The Labute approximate surface area is 249 Å². The highest BCUT2D eigenvalue weighted by Crippen LogP contribution is 2.46. The van der Waals surface area contributed by atoms with Crippen LogP contribution in [0.4, 0.5) is 5.69 Å². The van der Waals surface area contributed by atoms with Gasteiger partial charge in [-0.05, 0) is 91.8 Å². The molecule has 2 N–H and O–H groups in total. The number of ether oxygens (including phenoxy) is 1. The van der Waals surface area contributed by atoms with Gasteiger partial charge in [-0.1, -0.05) is 48.4 Å². The fourth-order valence-corrected chi connectivity index (χ4v) is 7.54. The number of aryl methyl sites for hydroxylation is 1. The minimum atomic E-state index is -1.67. The Hall–Kier alpha value is -2.39. The number of fused-ring (bicyclic) bond motifs is 3. The number of hydrogen-bond acceptors (Lipinski definition) is 7. The molecular weight excluding hydrogens is 560 g/mol. The average Bonchev–Trinajstić information content (AvgIpc) is 2.93. The second-order valence-corrected chi connectivity index (χ2v) is 13.4. The van der Waals surface area contributed by atoms with Crippen LogP contribution in [0.2, 0.25) is 5.02 Å². The molecule has 0 spiro atoms. The van der Waals surface area contributed by atoms with Crippen molar-refractivity contribution in [3.63, 3.8) is 0 Å². The molecule has 1 amide bonds. The standard InChI is InChI=1S/C32H40ClN2O5S/c1-22-5-4-13-32(38,14-15-36)28-11-8-26(28)20-35-19-25-7-10-27(33)17-23(25)6-2-3-16-40-30-12-9-24(18-29(30)35)31(37)34-41(39)21-22/h4,7,9-10,12-13,17-18,22,26,28,36,38H,2-3,5-6,8,11,14-16,19-21H2,1H3/q-1/b13-4+/t22-,26-,28+,32?/m0/s1. The molecule has 2 bridgehead atoms. The number of anilines is 1. The van der Waals surface area contributed by atoms with Crippen molar-refractivity contribution in [3.8, 4) is 5.75 Å². The van der Waals surface area contributed by atoms with Gasteiger partial charge in [0.25, 0.3) is 5.91 Å². The predicted octanol–water partition coefficient (Wildman–Crippen LogP) is 6.09. The van der Waals surface area contributed by atoms with Crippen LogP contribution >= 0.6 is 11.6 Å². The van der Waals surface area contributed by atoms with E-state index in [1.165, 1.54) is 5.56 Å². The molecule has 2 heterocycles. The van der Waals surface area contributed by atoms with E-state index in [9.17, 15) is 19.2 Å². The molecule has 1 saturated carbocycles. The first-order valence-electron chi connectivity index (χ1n) is 14.7. The molecule has 1 aliphatic carbocycles. The summed E-state index contributed by atoms with van der Waals surface area (Å²) >= 11 is 6.40. The molecule has 1 fully saturated rings. The van der Waals surface area contributed by atoms with Crippen molar-refractivity contribution < 1.29 is 24.0 Å². The van der Waals surface area contributed by atoms with Crippen molar-refractivity contribution in [1.82, 2.24) is 0 Å². The normalized spacial score (nSPS) is 28.6. The molecule has 0 saturated heterocycles. The molecule has 0 aromatic heterocycles. The van der Waals surface area contributed by atoms with E-state index in [1.807, 2.05) is 43.3 Å². The molecule has 1 unspecified atom stereocenters. The summed E-state index contributed by atoms with van der Waals surface area (Å²) in [6.45, 7) is 3.62. The lowest BCUT2D eigenvalue weighted by molar-refractivity contribution is -0.0582. The number of rotatable bonds is 2. The first-order valence-corrected chi connectivity index (χ1v) is 16.4. The molecule has 2 aromatic carbocycles. The van der Waals surface area contributed by atoms with Crippen molar-refractivity contribution in [1.29, 1.82) is 0 Å². The molecular formula is C32H40ClN2O5S-. The van der Waals surface area contributed by atoms with Crippen LogP contribution in [0.25, 0.3) is 0 Å². The van der Waals surface area contributed by atoms with Gasteiger partial charge in [0.15, 0.2) is 0 Å². The van der Waals surface area contributed by atoms with Crippen LogP contribution in [0, 0.1) is 17.8 Å². The fraction of sp³-hybridized carbons (Fsp3) is 0.531. The monoisotopic (exact) mass is 599 g/mol. The lowest BCUT2D eigenvalue weighted by Gasteiger charge is -2.48. The summed E-state index contributed by atoms with van der Waals surface area (Å²) in [5.74, 6) is 0.608. The van der Waals surface area contributed by atoms with Gasteiger partial charge in [-0.15, -0.1) is 0 Å². The summed E-state index contributed by atoms with van der Waals surface area (Å²) in [6, 6.07) is 11.4. The number of carbonyl (C=O) groups excluding carboxylic acids is 1. The summed E-state index contributed by atoms with van der Waals surface area (Å²) in [5, 5.41) is 22.4. The highest BCUT2D eigenvalue weighted by molar-refractivity contribution is 7.75. The maximum atomic E-state index is 13.2. The Morgan fingerprint density at radius 3 is 2.80 bits per heavy atom. The van der Waals surface area contributed by atoms with Gasteiger partial charge in [0.05, 0.1) is 17.9 Å². The Morgan fingerprint density at radius 2 is 2.02 bits per heavy atom. The number of amides is 1. The summed E-state index contributed by atoms with van der Waals surface area (Å²) in [7, 11) is -1.67. The van der Waals surface area contributed by atoms with E-state index in [0.29, 0.717) is 42.5 Å². The maximum Gasteiger partial charge on any atom is 0.254 e. The molecule has 2 aliphatic heterocycles. The van der Waals surface area contributed by atoms with E-state index >= 15 is 0 Å². The maximum absolute atomic E-state index is 13.2. The fourth-order valence-electron chi connectivity index (χ4n) is 6.35. The second kappa shape index (κ2) is 13.3. The molecule has 0 radical (unpaired) electrons. The van der Waals surface area contributed by atoms with Gasteiger partial charge in [0, 0.05) is 36.7 Å². The summed E-state index contributed by atoms with van der Waals surface area (Å²) < 4.78 is 23.1. The average molecular weight is 600 g/mol. The Balaban J connectivity index is 1.62. The lowest BCUT2D eigenvalue weighted by Crippen LogP contribution is -2.50. The molecule has 4 atom stereocenters. The van der Waals surface area contributed by atoms with Crippen molar-refractivity contribution in [3.05, 3.63) is 70.3 Å². The van der Waals surface area contributed by atoms with Crippen LogP contribution in [0.1, 0.15) is 66.9 Å². The topological polar surface area (TPSA) is 99.4 Å². The number of halogens is 1. The summed E-state index contributed by atoms with van der Waals surface area (Å²) in [6.07, 6.45) is 9.19. The van der Waals surface area contributed by atoms with Crippen LogP contribution in [0.5, 0.6) is 5.75 Å². The number of aliphatic hydroxyl groups is 2.